The van der Waals surface area contributed by atoms with E-state index in [4.69, 9.17) is 5.26 Å². The molecule has 0 fully saturated rings. The average Bonchev–Trinajstić information content (AvgIpc) is 2.85. The molecular weight excluding hydrogens is 248 g/mol. The average molecular weight is 255 g/mol. The fourth-order valence-corrected chi connectivity index (χ4v) is 1.90. The Bertz CT molecular complexity index is 782. The van der Waals surface area contributed by atoms with Crippen molar-refractivity contribution in [2.24, 2.45) is 0 Å². The Kier molecular flexibility index (Phi) is 2.50. The number of hydrogen-bond donors (Lipinski definition) is 1. The first-order valence-corrected chi connectivity index (χ1v) is 5.54. The van der Waals surface area contributed by atoms with Crippen LogP contribution in [0.5, 0.6) is 0 Å². The largest absolute Gasteiger partial charge is 0.338 e. The van der Waals surface area contributed by atoms with E-state index in [9.17, 15) is 8.78 Å². The zero-order chi connectivity index (χ0) is 13.4. The second-order valence-electron chi connectivity index (χ2n) is 4.00. The van der Waals surface area contributed by atoms with Gasteiger partial charge in [0, 0.05) is 0 Å². The number of fused-ring (bicyclic) bond motifs is 1. The number of rotatable bonds is 1. The molecule has 3 aromatic rings. The molecular formula is C14H7F2N3. The van der Waals surface area contributed by atoms with Gasteiger partial charge in [-0.25, -0.2) is 13.8 Å². The van der Waals surface area contributed by atoms with Crippen LogP contribution in [0.2, 0.25) is 0 Å². The van der Waals surface area contributed by atoms with Crippen LogP contribution in [0.25, 0.3) is 22.4 Å². The zero-order valence-electron chi connectivity index (χ0n) is 9.61. The topological polar surface area (TPSA) is 52.5 Å². The Labute approximate surface area is 107 Å². The minimum Gasteiger partial charge on any atom is -0.338 e. The quantitative estimate of drug-likeness (QED) is 0.724. The molecule has 0 amide bonds. The van der Waals surface area contributed by atoms with Crippen LogP contribution in [0.4, 0.5) is 8.78 Å². The highest BCUT2D eigenvalue weighted by Gasteiger charge is 2.16. The van der Waals surface area contributed by atoms with Crippen molar-refractivity contribution in [3.63, 3.8) is 0 Å². The molecule has 1 aromatic heterocycles. The highest BCUT2D eigenvalue weighted by molar-refractivity contribution is 5.79. The number of aromatic nitrogens is 2. The Morgan fingerprint density at radius 3 is 2.58 bits per heavy atom. The predicted molar refractivity (Wildman–Crippen MR) is 66.2 cm³/mol. The molecule has 0 aliphatic heterocycles. The van der Waals surface area contributed by atoms with Gasteiger partial charge in [-0.2, -0.15) is 5.26 Å². The second-order valence-corrected chi connectivity index (χ2v) is 4.00. The number of H-pyrrole nitrogens is 1. The second kappa shape index (κ2) is 4.18. The van der Waals surface area contributed by atoms with Crippen molar-refractivity contribution in [3.05, 3.63) is 53.6 Å². The first-order chi connectivity index (χ1) is 9.20. The van der Waals surface area contributed by atoms with E-state index in [0.29, 0.717) is 5.52 Å². The summed E-state index contributed by atoms with van der Waals surface area (Å²) in [7, 11) is 0. The number of para-hydroxylation sites is 2. The Morgan fingerprint density at radius 2 is 1.84 bits per heavy atom. The first kappa shape index (κ1) is 11.4. The van der Waals surface area contributed by atoms with Crippen LogP contribution >= 0.6 is 0 Å². The predicted octanol–water partition coefficient (Wildman–Crippen LogP) is 3.38. The molecule has 0 atom stereocenters. The number of benzene rings is 2. The van der Waals surface area contributed by atoms with Crippen molar-refractivity contribution in [3.8, 4) is 17.5 Å². The van der Waals surface area contributed by atoms with Crippen LogP contribution in [0.1, 0.15) is 5.56 Å². The number of nitrogens with one attached hydrogen (secondary N) is 1. The summed E-state index contributed by atoms with van der Waals surface area (Å²) in [4.78, 5) is 7.11. The molecule has 3 rings (SSSR count). The van der Waals surface area contributed by atoms with Gasteiger partial charge in [0.05, 0.1) is 22.2 Å². The normalized spacial score (nSPS) is 10.6. The Balaban J connectivity index is 2.22. The van der Waals surface area contributed by atoms with Crippen LogP contribution in [0.3, 0.4) is 0 Å². The van der Waals surface area contributed by atoms with Crippen molar-refractivity contribution < 1.29 is 8.78 Å². The Morgan fingerprint density at radius 1 is 1.05 bits per heavy atom. The van der Waals surface area contributed by atoms with E-state index in [1.165, 1.54) is 12.1 Å². The number of aromatic amines is 1. The minimum atomic E-state index is -1.15. The third kappa shape index (κ3) is 1.74. The van der Waals surface area contributed by atoms with Gasteiger partial charge in [0.2, 0.25) is 0 Å². The van der Waals surface area contributed by atoms with Crippen molar-refractivity contribution in [1.82, 2.24) is 9.97 Å². The van der Waals surface area contributed by atoms with Gasteiger partial charge in [-0.1, -0.05) is 12.1 Å². The van der Waals surface area contributed by atoms with Gasteiger partial charge in [-0.15, -0.1) is 0 Å². The van der Waals surface area contributed by atoms with Crippen LogP contribution in [0, 0.1) is 23.0 Å². The molecule has 0 aliphatic carbocycles. The summed E-state index contributed by atoms with van der Waals surface area (Å²) in [6, 6.07) is 11.4. The molecule has 1 heterocycles. The molecule has 0 bridgehead atoms. The summed E-state index contributed by atoms with van der Waals surface area (Å²) in [5.74, 6) is -1.99. The van der Waals surface area contributed by atoms with Gasteiger partial charge in [-0.3, -0.25) is 0 Å². The fraction of sp³-hybridized carbons (Fsp3) is 0. The summed E-state index contributed by atoms with van der Waals surface area (Å²) in [6.07, 6.45) is 0. The van der Waals surface area contributed by atoms with E-state index in [1.807, 2.05) is 12.1 Å². The SMILES string of the molecule is N#Cc1ccc(-c2nc3ccccc3[nH]2)c(F)c1F. The van der Waals surface area contributed by atoms with E-state index < -0.39 is 11.6 Å². The molecule has 2 aromatic carbocycles. The van der Waals surface area contributed by atoms with Gasteiger partial charge in [0.1, 0.15) is 11.9 Å². The van der Waals surface area contributed by atoms with E-state index in [-0.39, 0.29) is 17.0 Å². The highest BCUT2D eigenvalue weighted by Crippen LogP contribution is 2.25. The molecule has 0 aliphatic rings. The van der Waals surface area contributed by atoms with E-state index in [1.54, 1.807) is 18.2 Å². The van der Waals surface area contributed by atoms with Gasteiger partial charge >= 0.3 is 0 Å². The lowest BCUT2D eigenvalue weighted by molar-refractivity contribution is 0.508. The maximum atomic E-state index is 13.9. The lowest BCUT2D eigenvalue weighted by Crippen LogP contribution is -1.94. The van der Waals surface area contributed by atoms with E-state index in [0.717, 1.165) is 5.52 Å². The van der Waals surface area contributed by atoms with Crippen LogP contribution in [-0.4, -0.2) is 9.97 Å². The summed E-state index contributed by atoms with van der Waals surface area (Å²) < 4.78 is 27.4. The molecule has 3 nitrogen and oxygen atoms in total. The molecule has 92 valence electrons. The summed E-state index contributed by atoms with van der Waals surface area (Å²) >= 11 is 0. The van der Waals surface area contributed by atoms with Crippen molar-refractivity contribution >= 4 is 11.0 Å². The van der Waals surface area contributed by atoms with E-state index in [2.05, 4.69) is 9.97 Å². The van der Waals surface area contributed by atoms with Gasteiger partial charge in [-0.05, 0) is 24.3 Å². The van der Waals surface area contributed by atoms with Crippen molar-refractivity contribution in [1.29, 1.82) is 5.26 Å². The third-order valence-electron chi connectivity index (χ3n) is 2.85. The molecule has 0 unspecified atom stereocenters. The minimum absolute atomic E-state index is 0.00713. The summed E-state index contributed by atoms with van der Waals surface area (Å²) in [5.41, 5.74) is 1.09. The molecule has 0 saturated heterocycles. The maximum absolute atomic E-state index is 13.9. The monoisotopic (exact) mass is 255 g/mol. The maximum Gasteiger partial charge on any atom is 0.177 e. The number of nitrogens with zero attached hydrogens (tertiary/aromatic N) is 2. The molecule has 1 N–H and O–H groups in total. The Hall–Kier alpha value is -2.74. The van der Waals surface area contributed by atoms with Crippen molar-refractivity contribution in [2.75, 3.05) is 0 Å². The van der Waals surface area contributed by atoms with Crippen LogP contribution in [-0.2, 0) is 0 Å². The number of halogens is 2. The molecule has 19 heavy (non-hydrogen) atoms. The molecule has 5 heteroatoms. The van der Waals surface area contributed by atoms with E-state index >= 15 is 0 Å². The van der Waals surface area contributed by atoms with Gasteiger partial charge < -0.3 is 4.98 Å². The molecule has 0 spiro atoms. The smallest absolute Gasteiger partial charge is 0.177 e. The zero-order valence-corrected chi connectivity index (χ0v) is 9.61. The number of hydrogen-bond acceptors (Lipinski definition) is 2. The molecule has 0 radical (unpaired) electrons. The summed E-state index contributed by atoms with van der Waals surface area (Å²) in [5, 5.41) is 8.64. The highest BCUT2D eigenvalue weighted by atomic mass is 19.2. The molecule has 0 saturated carbocycles. The first-order valence-electron chi connectivity index (χ1n) is 5.54. The standard InChI is InChI=1S/C14H7F2N3/c15-12-8(7-17)5-6-9(13(12)16)14-18-10-3-1-2-4-11(10)19-14/h1-6H,(H,18,19). The summed E-state index contributed by atoms with van der Waals surface area (Å²) in [6.45, 7) is 0. The lowest BCUT2D eigenvalue weighted by Gasteiger charge is -2.01. The fourth-order valence-electron chi connectivity index (χ4n) is 1.90. The van der Waals surface area contributed by atoms with Crippen LogP contribution in [0.15, 0.2) is 36.4 Å². The van der Waals surface area contributed by atoms with Gasteiger partial charge in [0.25, 0.3) is 0 Å². The lowest BCUT2D eigenvalue weighted by atomic mass is 10.1. The number of imidazole rings is 1. The van der Waals surface area contributed by atoms with Crippen LogP contribution < -0.4 is 0 Å². The van der Waals surface area contributed by atoms with Gasteiger partial charge in [0.15, 0.2) is 11.6 Å². The third-order valence-corrected chi connectivity index (χ3v) is 2.85. The van der Waals surface area contributed by atoms with Crippen molar-refractivity contribution in [2.45, 2.75) is 0 Å². The number of nitriles is 1.